The van der Waals surface area contributed by atoms with Crippen LogP contribution in [-0.4, -0.2) is 60.1 Å². The fourth-order valence-electron chi connectivity index (χ4n) is 2.43. The van der Waals surface area contributed by atoms with Gasteiger partial charge in [0.2, 0.25) is 10.0 Å². The second-order valence-electron chi connectivity index (χ2n) is 5.49. The molecule has 2 heterocycles. The van der Waals surface area contributed by atoms with E-state index in [9.17, 15) is 23.3 Å². The lowest BCUT2D eigenvalue weighted by atomic mass is 10.3. The molecule has 27 heavy (non-hydrogen) atoms. The molecule has 144 valence electrons. The van der Waals surface area contributed by atoms with Gasteiger partial charge >= 0.3 is 5.82 Å². The molecular weight excluding hydrogens is 402 g/mol. The largest absolute Gasteiger partial charge is 0.379 e. The molecule has 0 unspecified atom stereocenters. The van der Waals surface area contributed by atoms with Crippen molar-refractivity contribution in [1.82, 2.24) is 14.5 Å². The lowest BCUT2D eigenvalue weighted by Crippen LogP contribution is -2.40. The molecule has 3 rings (SSSR count). The Morgan fingerprint density at radius 1 is 1.30 bits per heavy atom. The first-order chi connectivity index (χ1) is 12.8. The molecule has 2 N–H and O–H groups in total. The van der Waals surface area contributed by atoms with E-state index in [4.69, 9.17) is 16.3 Å². The van der Waals surface area contributed by atoms with E-state index in [2.05, 4.69) is 15.5 Å². The standard InChI is InChI=1S/C14H14ClN5O6S/c15-11-12(17-18-13(11)20(22)23)14(21)16-9-1-3-10(4-2-9)27(24,25)19-5-7-26-8-6-19/h1-4H,5-8H2,(H,16,21)(H,17,18). The summed E-state index contributed by atoms with van der Waals surface area (Å²) in [5.74, 6) is -1.36. The molecule has 0 aliphatic carbocycles. The molecule has 1 aliphatic rings. The number of nitrogens with zero attached hydrogens (tertiary/aromatic N) is 3. The Morgan fingerprint density at radius 2 is 1.93 bits per heavy atom. The molecule has 0 saturated carbocycles. The number of anilines is 1. The van der Waals surface area contributed by atoms with Crippen LogP contribution in [0.25, 0.3) is 0 Å². The third-order valence-corrected chi connectivity index (χ3v) is 6.08. The van der Waals surface area contributed by atoms with Crippen LogP contribution in [0.4, 0.5) is 11.5 Å². The van der Waals surface area contributed by atoms with Crippen LogP contribution in [0.15, 0.2) is 29.2 Å². The van der Waals surface area contributed by atoms with Gasteiger partial charge < -0.3 is 20.2 Å². The number of hydrogen-bond acceptors (Lipinski definition) is 7. The molecular formula is C14H14ClN5O6S. The van der Waals surface area contributed by atoms with Gasteiger partial charge in [-0.2, -0.15) is 4.31 Å². The van der Waals surface area contributed by atoms with E-state index in [1.54, 1.807) is 0 Å². The Balaban J connectivity index is 1.74. The van der Waals surface area contributed by atoms with E-state index in [0.29, 0.717) is 13.2 Å². The molecule has 0 spiro atoms. The Morgan fingerprint density at radius 3 is 2.48 bits per heavy atom. The van der Waals surface area contributed by atoms with Crippen LogP contribution < -0.4 is 5.32 Å². The summed E-state index contributed by atoms with van der Waals surface area (Å²) in [6, 6.07) is 5.52. The number of morpholine rings is 1. The topological polar surface area (TPSA) is 148 Å². The van der Waals surface area contributed by atoms with Crippen LogP contribution in [-0.2, 0) is 14.8 Å². The molecule has 1 fully saturated rings. The second-order valence-corrected chi connectivity index (χ2v) is 7.80. The van der Waals surface area contributed by atoms with Crippen LogP contribution in [0.2, 0.25) is 5.02 Å². The predicted octanol–water partition coefficient (Wildman–Crippen LogP) is 1.24. The zero-order valence-corrected chi connectivity index (χ0v) is 15.3. The van der Waals surface area contributed by atoms with Gasteiger partial charge in [-0.25, -0.2) is 8.42 Å². The van der Waals surface area contributed by atoms with Gasteiger partial charge in [0.15, 0.2) is 10.7 Å². The monoisotopic (exact) mass is 415 g/mol. The molecule has 1 aromatic heterocycles. The van der Waals surface area contributed by atoms with Crippen molar-refractivity contribution < 1.29 is 22.9 Å². The zero-order chi connectivity index (χ0) is 19.6. The van der Waals surface area contributed by atoms with Crippen LogP contribution >= 0.6 is 11.6 Å². The van der Waals surface area contributed by atoms with Gasteiger partial charge in [0.05, 0.1) is 18.1 Å². The minimum Gasteiger partial charge on any atom is -0.379 e. The lowest BCUT2D eigenvalue weighted by molar-refractivity contribution is -0.389. The maximum Gasteiger partial charge on any atom is 0.362 e. The van der Waals surface area contributed by atoms with Crippen molar-refractivity contribution in [2.45, 2.75) is 4.90 Å². The SMILES string of the molecule is O=C(Nc1ccc(S(=O)(=O)N2CCOCC2)cc1)c1n[nH]c([N+](=O)[O-])c1Cl. The van der Waals surface area contributed by atoms with E-state index >= 15 is 0 Å². The number of nitro groups is 1. The molecule has 1 aromatic carbocycles. The van der Waals surface area contributed by atoms with Gasteiger partial charge in [-0.3, -0.25) is 4.79 Å². The van der Waals surface area contributed by atoms with E-state index in [0.717, 1.165) is 0 Å². The van der Waals surface area contributed by atoms with Gasteiger partial charge in [0.25, 0.3) is 5.91 Å². The van der Waals surface area contributed by atoms with Gasteiger partial charge in [-0.15, -0.1) is 5.10 Å². The number of benzene rings is 1. The summed E-state index contributed by atoms with van der Waals surface area (Å²) in [6.45, 7) is 1.22. The van der Waals surface area contributed by atoms with E-state index in [-0.39, 0.29) is 29.4 Å². The molecule has 0 bridgehead atoms. The highest BCUT2D eigenvalue weighted by molar-refractivity contribution is 7.89. The van der Waals surface area contributed by atoms with Crippen molar-refractivity contribution in [3.63, 3.8) is 0 Å². The second kappa shape index (κ2) is 7.60. The molecule has 1 saturated heterocycles. The summed E-state index contributed by atoms with van der Waals surface area (Å²) in [4.78, 5) is 22.2. The van der Waals surface area contributed by atoms with Gasteiger partial charge in [0.1, 0.15) is 0 Å². The molecule has 0 radical (unpaired) electrons. The molecule has 13 heteroatoms. The number of carbonyl (C=O) groups is 1. The third kappa shape index (κ3) is 3.93. The number of sulfonamides is 1. The molecule has 2 aromatic rings. The van der Waals surface area contributed by atoms with Crippen molar-refractivity contribution in [2.24, 2.45) is 0 Å². The van der Waals surface area contributed by atoms with Crippen LogP contribution in [0.3, 0.4) is 0 Å². The minimum absolute atomic E-state index is 0.0795. The van der Waals surface area contributed by atoms with E-state index in [1.165, 1.54) is 28.6 Å². The van der Waals surface area contributed by atoms with Crippen molar-refractivity contribution in [2.75, 3.05) is 31.6 Å². The smallest absolute Gasteiger partial charge is 0.362 e. The third-order valence-electron chi connectivity index (χ3n) is 3.81. The van der Waals surface area contributed by atoms with E-state index in [1.807, 2.05) is 0 Å². The summed E-state index contributed by atoms with van der Waals surface area (Å²) in [6.07, 6.45) is 0. The maximum absolute atomic E-state index is 12.5. The number of hydrogen-bond donors (Lipinski definition) is 2. The van der Waals surface area contributed by atoms with E-state index < -0.39 is 31.7 Å². The predicted molar refractivity (Wildman–Crippen MR) is 94.2 cm³/mol. The van der Waals surface area contributed by atoms with Crippen LogP contribution in [0, 0.1) is 10.1 Å². The highest BCUT2D eigenvalue weighted by atomic mass is 35.5. The number of halogens is 1. The van der Waals surface area contributed by atoms with Gasteiger partial charge in [-0.05, 0) is 29.2 Å². The summed E-state index contributed by atoms with van der Waals surface area (Å²) in [5.41, 5.74) is -0.0592. The maximum atomic E-state index is 12.5. The number of ether oxygens (including phenoxy) is 1. The van der Waals surface area contributed by atoms with Gasteiger partial charge in [-0.1, -0.05) is 16.7 Å². The Bertz CT molecular complexity index is 968. The van der Waals surface area contributed by atoms with Gasteiger partial charge in [0, 0.05) is 18.8 Å². The lowest BCUT2D eigenvalue weighted by Gasteiger charge is -2.26. The number of H-pyrrole nitrogens is 1. The first-order valence-electron chi connectivity index (χ1n) is 7.68. The fourth-order valence-corrected chi connectivity index (χ4v) is 4.07. The summed E-state index contributed by atoms with van der Waals surface area (Å²) < 4.78 is 31.6. The minimum atomic E-state index is -3.65. The first kappa shape index (κ1) is 19.2. The van der Waals surface area contributed by atoms with Crippen molar-refractivity contribution in [3.8, 4) is 0 Å². The normalized spacial score (nSPS) is 15.4. The fraction of sp³-hybridized carbons (Fsp3) is 0.286. The summed E-state index contributed by atoms with van der Waals surface area (Å²) in [5, 5.41) is 18.4. The highest BCUT2D eigenvalue weighted by Gasteiger charge is 2.27. The van der Waals surface area contributed by atoms with Crippen molar-refractivity contribution in [3.05, 3.63) is 45.1 Å². The number of amides is 1. The number of nitrogens with one attached hydrogen (secondary N) is 2. The quantitative estimate of drug-likeness (QED) is 0.551. The van der Waals surface area contributed by atoms with Crippen LogP contribution in [0.1, 0.15) is 10.5 Å². The van der Waals surface area contributed by atoms with Crippen LogP contribution in [0.5, 0.6) is 0 Å². The molecule has 1 amide bonds. The summed E-state index contributed by atoms with van der Waals surface area (Å²) in [7, 11) is -3.65. The number of rotatable bonds is 5. The summed E-state index contributed by atoms with van der Waals surface area (Å²) >= 11 is 5.76. The number of aromatic amines is 1. The highest BCUT2D eigenvalue weighted by Crippen LogP contribution is 2.26. The average Bonchev–Trinajstić information content (AvgIpc) is 3.05. The Labute approximate surface area is 158 Å². The molecule has 0 atom stereocenters. The number of aromatic nitrogens is 2. The number of carbonyl (C=O) groups excluding carboxylic acids is 1. The first-order valence-corrected chi connectivity index (χ1v) is 9.50. The Hall–Kier alpha value is -2.54. The zero-order valence-electron chi connectivity index (χ0n) is 13.7. The van der Waals surface area contributed by atoms with Crippen molar-refractivity contribution >= 4 is 39.0 Å². The Kier molecular flexibility index (Phi) is 5.41. The van der Waals surface area contributed by atoms with Crippen molar-refractivity contribution in [1.29, 1.82) is 0 Å². The molecule has 11 nitrogen and oxygen atoms in total. The average molecular weight is 416 g/mol. The molecule has 1 aliphatic heterocycles.